The molecule has 1 aromatic rings. The normalized spacial score (nSPS) is 26.3. The molecular formula is C24H34FO2Si+. The summed E-state index contributed by atoms with van der Waals surface area (Å²) in [5, 5.41) is 0. The molecule has 0 bridgehead atoms. The number of alkyl halides is 1. The Morgan fingerprint density at radius 2 is 1.93 bits per heavy atom. The Morgan fingerprint density at radius 3 is 2.54 bits per heavy atom. The first-order valence-electron chi connectivity index (χ1n) is 10.3. The number of methoxy groups -OCH3 is 1. The van der Waals surface area contributed by atoms with E-state index in [2.05, 4.69) is 52.1 Å². The number of hydrogen-bond donors (Lipinski definition) is 0. The lowest BCUT2D eigenvalue weighted by atomic mass is 9.68. The lowest BCUT2D eigenvalue weighted by Crippen LogP contribution is -2.31. The Hall–Kier alpha value is -1.39. The second-order valence-corrected chi connectivity index (χ2v) is 11.4. The molecule has 3 atom stereocenters. The van der Waals surface area contributed by atoms with E-state index in [0.717, 1.165) is 29.7 Å². The third kappa shape index (κ3) is 3.73. The van der Waals surface area contributed by atoms with Crippen molar-refractivity contribution in [3.63, 3.8) is 0 Å². The van der Waals surface area contributed by atoms with Crippen molar-refractivity contribution >= 4 is 9.04 Å². The van der Waals surface area contributed by atoms with Gasteiger partial charge in [-0.15, -0.1) is 0 Å². The quantitative estimate of drug-likeness (QED) is 0.476. The van der Waals surface area contributed by atoms with Crippen LogP contribution < -0.4 is 0 Å². The van der Waals surface area contributed by atoms with Gasteiger partial charge in [0.05, 0.1) is 20.2 Å². The van der Waals surface area contributed by atoms with Gasteiger partial charge in [0.2, 0.25) is 0 Å². The van der Waals surface area contributed by atoms with Gasteiger partial charge in [0, 0.05) is 11.8 Å². The van der Waals surface area contributed by atoms with Crippen molar-refractivity contribution in [2.75, 3.05) is 7.11 Å². The summed E-state index contributed by atoms with van der Waals surface area (Å²) in [5.74, 6) is 0.696. The fourth-order valence-electron chi connectivity index (χ4n) is 5.10. The molecule has 0 heterocycles. The van der Waals surface area contributed by atoms with Gasteiger partial charge in [-0.2, -0.15) is 0 Å². The van der Waals surface area contributed by atoms with Crippen molar-refractivity contribution in [2.24, 2.45) is 5.41 Å². The molecule has 3 rings (SSSR count). The molecule has 2 aliphatic carbocycles. The minimum atomic E-state index is -1.41. The first-order chi connectivity index (χ1) is 13.1. The maximum absolute atomic E-state index is 15.7. The maximum atomic E-state index is 15.7. The van der Waals surface area contributed by atoms with Crippen LogP contribution in [-0.2, 0) is 15.8 Å². The summed E-state index contributed by atoms with van der Waals surface area (Å²) in [6, 6.07) is 6.50. The first-order valence-corrected chi connectivity index (χ1v) is 12.7. The lowest BCUT2D eigenvalue weighted by Gasteiger charge is -2.38. The van der Waals surface area contributed by atoms with E-state index < -0.39 is 14.7 Å². The highest BCUT2D eigenvalue weighted by atomic mass is 28.3. The fraction of sp³-hybridized carbons (Fsp3) is 0.583. The third-order valence-electron chi connectivity index (χ3n) is 6.23. The molecule has 2 nitrogen and oxygen atoms in total. The molecule has 152 valence electrons. The predicted octanol–water partition coefficient (Wildman–Crippen LogP) is 6.66. The Morgan fingerprint density at radius 1 is 1.21 bits per heavy atom. The van der Waals surface area contributed by atoms with Crippen molar-refractivity contribution in [3.05, 3.63) is 58.4 Å². The summed E-state index contributed by atoms with van der Waals surface area (Å²) < 4.78 is 27.4. The zero-order valence-electron chi connectivity index (χ0n) is 18.4. The summed E-state index contributed by atoms with van der Waals surface area (Å²) >= 11 is 0. The van der Waals surface area contributed by atoms with E-state index >= 15 is 4.39 Å². The van der Waals surface area contributed by atoms with Crippen LogP contribution in [0.2, 0.25) is 13.1 Å². The van der Waals surface area contributed by atoms with E-state index in [1.54, 1.807) is 20.1 Å². The molecular weight excluding hydrogens is 367 g/mol. The number of benzene rings is 1. The second kappa shape index (κ2) is 7.79. The van der Waals surface area contributed by atoms with Gasteiger partial charge in [0.25, 0.3) is 0 Å². The van der Waals surface area contributed by atoms with Crippen molar-refractivity contribution in [1.29, 1.82) is 0 Å². The van der Waals surface area contributed by atoms with Crippen LogP contribution in [0.25, 0.3) is 0 Å². The highest BCUT2D eigenvalue weighted by Crippen LogP contribution is 2.61. The van der Waals surface area contributed by atoms with Crippen molar-refractivity contribution in [1.82, 2.24) is 0 Å². The Labute approximate surface area is 171 Å². The molecule has 2 aliphatic rings. The molecule has 0 saturated heterocycles. The summed E-state index contributed by atoms with van der Waals surface area (Å²) in [7, 11) is 0.951. The molecule has 0 aromatic heterocycles. The molecule has 3 unspecified atom stereocenters. The molecule has 28 heavy (non-hydrogen) atoms. The number of fused-ring (bicyclic) bond motifs is 3. The van der Waals surface area contributed by atoms with Crippen molar-refractivity contribution in [2.45, 2.75) is 77.7 Å². The van der Waals surface area contributed by atoms with E-state index in [-0.39, 0.29) is 17.3 Å². The average molecular weight is 402 g/mol. The van der Waals surface area contributed by atoms with Crippen LogP contribution in [-0.4, -0.2) is 21.8 Å². The van der Waals surface area contributed by atoms with Gasteiger partial charge < -0.3 is 4.74 Å². The topological polar surface area (TPSA) is 18.5 Å². The Kier molecular flexibility index (Phi) is 5.93. The van der Waals surface area contributed by atoms with E-state index in [9.17, 15) is 0 Å². The number of ether oxygens (including phenoxy) is 1. The van der Waals surface area contributed by atoms with Gasteiger partial charge in [-0.3, -0.25) is 0 Å². The zero-order valence-corrected chi connectivity index (χ0v) is 19.4. The summed E-state index contributed by atoms with van der Waals surface area (Å²) in [6.07, 6.45) is 5.68. The maximum Gasteiger partial charge on any atom is 0.467 e. The summed E-state index contributed by atoms with van der Waals surface area (Å²) in [4.78, 5) is 0. The van der Waals surface area contributed by atoms with Crippen LogP contribution in [0.15, 0.2) is 41.7 Å². The van der Waals surface area contributed by atoms with E-state index in [1.165, 1.54) is 11.1 Å². The number of hydrogen-bond acceptors (Lipinski definition) is 2. The fourth-order valence-corrected chi connectivity index (χ4v) is 5.55. The monoisotopic (exact) mass is 401 g/mol. The molecule has 0 spiro atoms. The minimum absolute atomic E-state index is 0.0164. The standard InChI is InChI=1S/C24H34FO2Si/c1-8-12-23(2,3)21-18-14-16(15-27-28(6)7)9-10-17(18)22-20(21)19(26-5)11-13-24(22,4)25/h9-11,13-14,21-22H,8,12,15H2,1-7H3/q+1. The number of allylic oxidation sites excluding steroid dienone is 3. The first kappa shape index (κ1) is 21.3. The van der Waals surface area contributed by atoms with Crippen LogP contribution in [0.4, 0.5) is 4.39 Å². The van der Waals surface area contributed by atoms with Gasteiger partial charge in [0.15, 0.2) is 0 Å². The Balaban J connectivity index is 2.18. The van der Waals surface area contributed by atoms with Crippen LogP contribution in [0.3, 0.4) is 0 Å². The smallest absolute Gasteiger partial charge is 0.467 e. The van der Waals surface area contributed by atoms with Crippen molar-refractivity contribution < 1.29 is 13.6 Å². The van der Waals surface area contributed by atoms with Crippen LogP contribution in [0, 0.1) is 5.41 Å². The summed E-state index contributed by atoms with van der Waals surface area (Å²) in [5.41, 5.74) is 3.25. The van der Waals surface area contributed by atoms with Crippen LogP contribution in [0.1, 0.15) is 69.1 Å². The summed E-state index contributed by atoms with van der Waals surface area (Å²) in [6.45, 7) is 13.5. The van der Waals surface area contributed by atoms with Gasteiger partial charge in [-0.25, -0.2) is 8.82 Å². The SMILES string of the molecule is CCCC(C)(C)C1C2=C(OC)C=CC(C)(F)C2c2ccc(CO[Si+](C)C)cc21. The number of rotatable bonds is 7. The zero-order chi connectivity index (χ0) is 20.7. The molecule has 0 fully saturated rings. The van der Waals surface area contributed by atoms with Gasteiger partial charge in [-0.05, 0) is 53.2 Å². The van der Waals surface area contributed by atoms with Gasteiger partial charge in [0.1, 0.15) is 18.0 Å². The number of halogens is 1. The van der Waals surface area contributed by atoms with E-state index in [0.29, 0.717) is 6.61 Å². The lowest BCUT2D eigenvalue weighted by molar-refractivity contribution is 0.195. The molecule has 0 amide bonds. The second-order valence-electron chi connectivity index (χ2n) is 9.27. The predicted molar refractivity (Wildman–Crippen MR) is 116 cm³/mol. The highest BCUT2D eigenvalue weighted by Gasteiger charge is 2.52. The van der Waals surface area contributed by atoms with Crippen LogP contribution in [0.5, 0.6) is 0 Å². The van der Waals surface area contributed by atoms with E-state index in [4.69, 9.17) is 9.16 Å². The Bertz CT molecular complexity index is 792. The average Bonchev–Trinajstić information content (AvgIpc) is 2.96. The minimum Gasteiger partial charge on any atom is -0.497 e. The molecule has 0 aliphatic heterocycles. The molecule has 0 saturated carbocycles. The highest BCUT2D eigenvalue weighted by molar-refractivity contribution is 6.48. The largest absolute Gasteiger partial charge is 0.497 e. The van der Waals surface area contributed by atoms with Crippen molar-refractivity contribution in [3.8, 4) is 0 Å². The molecule has 0 N–H and O–H groups in total. The molecule has 0 radical (unpaired) electrons. The van der Waals surface area contributed by atoms with E-state index in [1.807, 2.05) is 6.08 Å². The van der Waals surface area contributed by atoms with Crippen LogP contribution >= 0.6 is 0 Å². The van der Waals surface area contributed by atoms with Gasteiger partial charge >= 0.3 is 9.04 Å². The molecule has 1 aromatic carbocycles. The van der Waals surface area contributed by atoms with Gasteiger partial charge in [-0.1, -0.05) is 45.4 Å². The third-order valence-corrected chi connectivity index (χ3v) is 6.95. The molecule has 4 heteroatoms.